The minimum absolute atomic E-state index is 0.168. The Bertz CT molecular complexity index is 142. The van der Waals surface area contributed by atoms with Gasteiger partial charge in [-0.2, -0.15) is 0 Å². The highest BCUT2D eigenvalue weighted by molar-refractivity contribution is 4.81. The van der Waals surface area contributed by atoms with Crippen molar-refractivity contribution in [2.75, 3.05) is 13.7 Å². The molecule has 0 aromatic carbocycles. The molecule has 0 aromatic rings. The summed E-state index contributed by atoms with van der Waals surface area (Å²) in [4.78, 5) is 0. The molecule has 0 aliphatic heterocycles. The highest BCUT2D eigenvalue weighted by Crippen LogP contribution is 2.23. The van der Waals surface area contributed by atoms with E-state index in [1.165, 1.54) is 0 Å². The van der Waals surface area contributed by atoms with Crippen LogP contribution in [0.1, 0.15) is 40.0 Å². The molecule has 1 atom stereocenters. The molecule has 0 saturated carbocycles. The van der Waals surface area contributed by atoms with Crippen LogP contribution >= 0.6 is 0 Å². The van der Waals surface area contributed by atoms with Crippen LogP contribution < -0.4 is 5.73 Å². The normalized spacial score (nSPS) is 17.1. The number of ether oxygens (including phenoxy) is 1. The first-order valence-electron chi connectivity index (χ1n) is 4.87. The van der Waals surface area contributed by atoms with Crippen LogP contribution in [0.4, 0.5) is 0 Å². The highest BCUT2D eigenvalue weighted by atomic mass is 16.5. The van der Waals surface area contributed by atoms with Crippen molar-refractivity contribution >= 4 is 0 Å². The van der Waals surface area contributed by atoms with E-state index >= 15 is 0 Å². The molecule has 0 amide bonds. The maximum absolute atomic E-state index is 9.91. The standard InChI is InChI=1S/C10H23NO2/c1-5-10(12,8-11)7-6-9(2,3)13-4/h12H,5-8,11H2,1-4H3. The average molecular weight is 189 g/mol. The topological polar surface area (TPSA) is 55.5 Å². The van der Waals surface area contributed by atoms with Crippen LogP contribution in [-0.4, -0.2) is 30.0 Å². The fraction of sp³-hybridized carbons (Fsp3) is 1.00. The van der Waals surface area contributed by atoms with Crippen molar-refractivity contribution in [3.63, 3.8) is 0 Å². The fourth-order valence-electron chi connectivity index (χ4n) is 1.06. The van der Waals surface area contributed by atoms with Crippen molar-refractivity contribution in [3.05, 3.63) is 0 Å². The minimum atomic E-state index is -0.712. The van der Waals surface area contributed by atoms with Gasteiger partial charge in [-0.15, -0.1) is 0 Å². The number of hydrogen-bond acceptors (Lipinski definition) is 3. The van der Waals surface area contributed by atoms with Gasteiger partial charge in [0.05, 0.1) is 11.2 Å². The molecule has 0 saturated heterocycles. The molecule has 0 spiro atoms. The summed E-state index contributed by atoms with van der Waals surface area (Å²) in [6, 6.07) is 0. The van der Waals surface area contributed by atoms with Gasteiger partial charge < -0.3 is 15.6 Å². The Morgan fingerprint density at radius 3 is 2.15 bits per heavy atom. The summed E-state index contributed by atoms with van der Waals surface area (Å²) in [7, 11) is 1.69. The molecule has 0 fully saturated rings. The van der Waals surface area contributed by atoms with E-state index < -0.39 is 5.60 Å². The molecule has 3 heteroatoms. The van der Waals surface area contributed by atoms with Gasteiger partial charge in [0.1, 0.15) is 0 Å². The van der Waals surface area contributed by atoms with Gasteiger partial charge in [-0.1, -0.05) is 6.92 Å². The molecule has 3 N–H and O–H groups in total. The third kappa shape index (κ3) is 4.60. The Hall–Kier alpha value is -0.120. The van der Waals surface area contributed by atoms with E-state index in [0.717, 1.165) is 6.42 Å². The van der Waals surface area contributed by atoms with Crippen molar-refractivity contribution in [2.24, 2.45) is 5.73 Å². The van der Waals surface area contributed by atoms with Gasteiger partial charge in [-0.05, 0) is 33.1 Å². The van der Waals surface area contributed by atoms with Crippen molar-refractivity contribution < 1.29 is 9.84 Å². The Morgan fingerprint density at radius 2 is 1.85 bits per heavy atom. The first kappa shape index (κ1) is 12.9. The van der Waals surface area contributed by atoms with Crippen molar-refractivity contribution in [3.8, 4) is 0 Å². The third-order valence-corrected chi connectivity index (χ3v) is 2.78. The van der Waals surface area contributed by atoms with Gasteiger partial charge in [0.2, 0.25) is 0 Å². The van der Waals surface area contributed by atoms with Crippen LogP contribution in [0.5, 0.6) is 0 Å². The maximum Gasteiger partial charge on any atom is 0.0767 e. The molecule has 0 bridgehead atoms. The molecular weight excluding hydrogens is 166 g/mol. The van der Waals surface area contributed by atoms with E-state index in [-0.39, 0.29) is 5.60 Å². The molecule has 0 aromatic heterocycles. The van der Waals surface area contributed by atoms with Crippen LogP contribution in [0, 0.1) is 0 Å². The zero-order valence-electron chi connectivity index (χ0n) is 9.26. The lowest BCUT2D eigenvalue weighted by Gasteiger charge is -2.30. The molecule has 1 unspecified atom stereocenters. The Kier molecular flexibility index (Phi) is 4.89. The summed E-state index contributed by atoms with van der Waals surface area (Å²) < 4.78 is 5.27. The van der Waals surface area contributed by atoms with Crippen LogP contribution in [0.3, 0.4) is 0 Å². The second kappa shape index (κ2) is 4.94. The lowest BCUT2D eigenvalue weighted by atomic mass is 9.89. The molecule has 0 rings (SSSR count). The summed E-state index contributed by atoms with van der Waals surface area (Å²) in [6.45, 7) is 6.30. The Morgan fingerprint density at radius 1 is 1.31 bits per heavy atom. The summed E-state index contributed by atoms with van der Waals surface area (Å²) in [6.07, 6.45) is 2.22. The minimum Gasteiger partial charge on any atom is -0.389 e. The molecule has 80 valence electrons. The second-order valence-electron chi connectivity index (χ2n) is 4.25. The maximum atomic E-state index is 9.91. The van der Waals surface area contributed by atoms with Crippen molar-refractivity contribution in [1.29, 1.82) is 0 Å². The third-order valence-electron chi connectivity index (χ3n) is 2.78. The van der Waals surface area contributed by atoms with Crippen molar-refractivity contribution in [1.82, 2.24) is 0 Å². The van der Waals surface area contributed by atoms with Gasteiger partial charge in [0.25, 0.3) is 0 Å². The highest BCUT2D eigenvalue weighted by Gasteiger charge is 2.26. The first-order valence-corrected chi connectivity index (χ1v) is 4.87. The van der Waals surface area contributed by atoms with Gasteiger partial charge >= 0.3 is 0 Å². The van der Waals surface area contributed by atoms with Gasteiger partial charge in [0.15, 0.2) is 0 Å². The number of rotatable bonds is 6. The molecule has 13 heavy (non-hydrogen) atoms. The molecule has 0 aliphatic rings. The smallest absolute Gasteiger partial charge is 0.0767 e. The Balaban J connectivity index is 3.99. The van der Waals surface area contributed by atoms with E-state index in [0.29, 0.717) is 19.4 Å². The molecular formula is C10H23NO2. The van der Waals surface area contributed by atoms with Gasteiger partial charge in [-0.3, -0.25) is 0 Å². The largest absolute Gasteiger partial charge is 0.389 e. The van der Waals surface area contributed by atoms with E-state index in [9.17, 15) is 5.11 Å². The van der Waals surface area contributed by atoms with Crippen LogP contribution in [0.15, 0.2) is 0 Å². The van der Waals surface area contributed by atoms with Gasteiger partial charge in [0, 0.05) is 13.7 Å². The molecule has 0 radical (unpaired) electrons. The molecule has 0 heterocycles. The quantitative estimate of drug-likeness (QED) is 0.662. The summed E-state index contributed by atoms with van der Waals surface area (Å²) in [5, 5.41) is 9.91. The number of hydrogen-bond donors (Lipinski definition) is 2. The van der Waals surface area contributed by atoms with Crippen LogP contribution in [0.25, 0.3) is 0 Å². The first-order chi connectivity index (χ1) is 5.89. The van der Waals surface area contributed by atoms with Crippen LogP contribution in [0.2, 0.25) is 0 Å². The summed E-state index contributed by atoms with van der Waals surface area (Å²) >= 11 is 0. The zero-order valence-corrected chi connectivity index (χ0v) is 9.26. The van der Waals surface area contributed by atoms with Crippen LogP contribution in [-0.2, 0) is 4.74 Å². The predicted molar refractivity (Wildman–Crippen MR) is 54.6 cm³/mol. The number of methoxy groups -OCH3 is 1. The van der Waals surface area contributed by atoms with E-state index in [4.69, 9.17) is 10.5 Å². The number of aliphatic hydroxyl groups is 1. The summed E-state index contributed by atoms with van der Waals surface area (Å²) in [5.41, 5.74) is 4.62. The Labute approximate surface area is 81.3 Å². The predicted octanol–water partition coefficient (Wildman–Crippen LogP) is 1.29. The van der Waals surface area contributed by atoms with E-state index in [1.54, 1.807) is 7.11 Å². The number of nitrogens with two attached hydrogens (primary N) is 1. The van der Waals surface area contributed by atoms with E-state index in [1.807, 2.05) is 20.8 Å². The monoisotopic (exact) mass is 189 g/mol. The second-order valence-corrected chi connectivity index (χ2v) is 4.25. The molecule has 3 nitrogen and oxygen atoms in total. The fourth-order valence-corrected chi connectivity index (χ4v) is 1.06. The average Bonchev–Trinajstić information content (AvgIpc) is 2.14. The van der Waals surface area contributed by atoms with Gasteiger partial charge in [-0.25, -0.2) is 0 Å². The lowest BCUT2D eigenvalue weighted by molar-refractivity contribution is -0.0239. The van der Waals surface area contributed by atoms with E-state index in [2.05, 4.69) is 0 Å². The van der Waals surface area contributed by atoms with Crippen molar-refractivity contribution in [2.45, 2.75) is 51.2 Å². The summed E-state index contributed by atoms with van der Waals surface area (Å²) in [5.74, 6) is 0. The zero-order chi connectivity index (χ0) is 10.5. The SMILES string of the molecule is CCC(O)(CN)CCC(C)(C)OC. The lowest BCUT2D eigenvalue weighted by Crippen LogP contribution is -2.39. The molecule has 0 aliphatic carbocycles.